The fourth-order valence-electron chi connectivity index (χ4n) is 2.66. The molecule has 138 valence electrons. The molecule has 3 N–H and O–H groups in total. The number of alkyl halides is 6. The second-order valence-corrected chi connectivity index (χ2v) is 5.83. The van der Waals surface area contributed by atoms with Gasteiger partial charge >= 0.3 is 12.4 Å². The monoisotopic (exact) mass is 373 g/mol. The van der Waals surface area contributed by atoms with Gasteiger partial charge in [0.15, 0.2) is 0 Å². The molecule has 0 radical (unpaired) electrons. The van der Waals surface area contributed by atoms with Gasteiger partial charge in [0.1, 0.15) is 11.3 Å². The Morgan fingerprint density at radius 2 is 1.62 bits per heavy atom. The number of nitrogens with one attached hydrogen (secondary N) is 1. The summed E-state index contributed by atoms with van der Waals surface area (Å²) in [7, 11) is 0. The van der Waals surface area contributed by atoms with E-state index in [1.165, 1.54) is 0 Å². The largest absolute Gasteiger partial charge is 0.418 e. The number of benzene rings is 2. The molecule has 3 aromatic rings. The number of imidazole rings is 1. The van der Waals surface area contributed by atoms with Crippen molar-refractivity contribution in [1.29, 1.82) is 0 Å². The minimum Gasteiger partial charge on any atom is -0.341 e. The maximum absolute atomic E-state index is 13.2. The van der Waals surface area contributed by atoms with E-state index in [9.17, 15) is 26.3 Å². The lowest BCUT2D eigenvalue weighted by molar-refractivity contribution is -0.142. The number of rotatable bonds is 3. The lowest BCUT2D eigenvalue weighted by atomic mass is 10.1. The Hall–Kier alpha value is -2.55. The number of aromatic amines is 1. The van der Waals surface area contributed by atoms with Crippen LogP contribution in [0.5, 0.6) is 0 Å². The second-order valence-electron chi connectivity index (χ2n) is 5.83. The van der Waals surface area contributed by atoms with Gasteiger partial charge in [-0.3, -0.25) is 0 Å². The number of H-pyrrole nitrogens is 1. The Labute approximate surface area is 143 Å². The number of nitrogens with zero attached hydrogens (tertiary/aromatic N) is 1. The fraction of sp³-hybridized carbons (Fsp3) is 0.235. The van der Waals surface area contributed by atoms with E-state index in [0.29, 0.717) is 6.07 Å². The Bertz CT molecular complexity index is 912. The highest BCUT2D eigenvalue weighted by molar-refractivity contribution is 5.80. The Morgan fingerprint density at radius 1 is 0.962 bits per heavy atom. The molecule has 1 aromatic heterocycles. The molecule has 0 saturated carbocycles. The molecule has 0 spiro atoms. The van der Waals surface area contributed by atoms with Crippen LogP contribution in [0, 0.1) is 0 Å². The third-order valence-electron chi connectivity index (χ3n) is 3.89. The molecule has 3 nitrogen and oxygen atoms in total. The van der Waals surface area contributed by atoms with Crippen LogP contribution in [0.2, 0.25) is 0 Å². The van der Waals surface area contributed by atoms with E-state index in [0.717, 1.165) is 5.56 Å². The van der Waals surface area contributed by atoms with Crippen LogP contribution < -0.4 is 5.73 Å². The van der Waals surface area contributed by atoms with E-state index in [-0.39, 0.29) is 23.8 Å². The molecule has 0 amide bonds. The first kappa shape index (κ1) is 18.2. The van der Waals surface area contributed by atoms with Crippen molar-refractivity contribution in [3.63, 3.8) is 0 Å². The zero-order chi connectivity index (χ0) is 19.1. The first-order valence-corrected chi connectivity index (χ1v) is 7.53. The predicted octanol–water partition coefficient (Wildman–Crippen LogP) is 4.84. The average Bonchev–Trinajstić information content (AvgIpc) is 2.97. The minimum atomic E-state index is -4.98. The molecular formula is C17H13F6N3. The summed E-state index contributed by atoms with van der Waals surface area (Å²) in [6.07, 6.45) is -9.62. The standard InChI is InChI=1S/C17H13F6N3/c18-16(19,20)10-7-11(17(21,22)23)14-13(8-10)25-15(26-14)12(24)6-9-4-2-1-3-5-9/h1-5,7-8,12H,6,24H2,(H,25,26)/t12-/m0/s1. The van der Waals surface area contributed by atoms with Crippen LogP contribution in [0.4, 0.5) is 26.3 Å². The van der Waals surface area contributed by atoms with Crippen molar-refractivity contribution in [1.82, 2.24) is 9.97 Å². The third-order valence-corrected chi connectivity index (χ3v) is 3.89. The molecule has 0 saturated heterocycles. The Balaban J connectivity index is 2.07. The molecular weight excluding hydrogens is 360 g/mol. The van der Waals surface area contributed by atoms with Crippen molar-refractivity contribution in [3.05, 3.63) is 65.0 Å². The van der Waals surface area contributed by atoms with E-state index in [2.05, 4.69) is 9.97 Å². The van der Waals surface area contributed by atoms with Gasteiger partial charge in [-0.15, -0.1) is 0 Å². The summed E-state index contributed by atoms with van der Waals surface area (Å²) in [6, 6.07) is 8.80. The molecule has 0 aliphatic heterocycles. The van der Waals surface area contributed by atoms with Gasteiger partial charge in [0, 0.05) is 0 Å². The van der Waals surface area contributed by atoms with Crippen LogP contribution in [-0.2, 0) is 18.8 Å². The van der Waals surface area contributed by atoms with Gasteiger partial charge in [0.05, 0.1) is 22.7 Å². The summed E-state index contributed by atoms with van der Waals surface area (Å²) in [4.78, 5) is 6.33. The number of fused-ring (bicyclic) bond motifs is 1. The van der Waals surface area contributed by atoms with E-state index < -0.39 is 35.0 Å². The second kappa shape index (κ2) is 6.31. The summed E-state index contributed by atoms with van der Waals surface area (Å²) < 4.78 is 78.3. The molecule has 0 unspecified atom stereocenters. The molecule has 1 atom stereocenters. The van der Waals surface area contributed by atoms with Gasteiger partial charge in [0.25, 0.3) is 0 Å². The highest BCUT2D eigenvalue weighted by Gasteiger charge is 2.39. The molecule has 0 fully saturated rings. The summed E-state index contributed by atoms with van der Waals surface area (Å²) in [5, 5.41) is 0. The average molecular weight is 373 g/mol. The van der Waals surface area contributed by atoms with Crippen molar-refractivity contribution in [2.24, 2.45) is 5.73 Å². The SMILES string of the molecule is N[C@@H](Cc1ccccc1)c1nc2c(C(F)(F)F)cc(C(F)(F)F)cc2[nH]1. The van der Waals surface area contributed by atoms with Crippen molar-refractivity contribution in [2.75, 3.05) is 0 Å². The van der Waals surface area contributed by atoms with E-state index in [1.807, 2.05) is 0 Å². The van der Waals surface area contributed by atoms with Gasteiger partial charge in [-0.05, 0) is 24.1 Å². The van der Waals surface area contributed by atoms with Gasteiger partial charge in [0.2, 0.25) is 0 Å². The van der Waals surface area contributed by atoms with Crippen molar-refractivity contribution >= 4 is 11.0 Å². The van der Waals surface area contributed by atoms with E-state index in [1.54, 1.807) is 30.3 Å². The Kier molecular flexibility index (Phi) is 4.43. The van der Waals surface area contributed by atoms with E-state index >= 15 is 0 Å². The number of halogens is 6. The van der Waals surface area contributed by atoms with Crippen LogP contribution >= 0.6 is 0 Å². The first-order chi connectivity index (χ1) is 12.1. The summed E-state index contributed by atoms with van der Waals surface area (Å²) in [5.41, 5.74) is 3.02. The molecule has 2 aromatic carbocycles. The normalized spacial score (nSPS) is 14.0. The summed E-state index contributed by atoms with van der Waals surface area (Å²) >= 11 is 0. The third kappa shape index (κ3) is 3.67. The molecule has 0 aliphatic rings. The molecule has 3 rings (SSSR count). The van der Waals surface area contributed by atoms with Crippen molar-refractivity contribution in [3.8, 4) is 0 Å². The predicted molar refractivity (Wildman–Crippen MR) is 83.2 cm³/mol. The maximum atomic E-state index is 13.2. The number of hydrogen-bond donors (Lipinski definition) is 2. The topological polar surface area (TPSA) is 54.7 Å². The van der Waals surface area contributed by atoms with Gasteiger partial charge in [-0.2, -0.15) is 26.3 Å². The molecule has 9 heteroatoms. The molecule has 1 heterocycles. The zero-order valence-corrected chi connectivity index (χ0v) is 13.1. The summed E-state index contributed by atoms with van der Waals surface area (Å²) in [5.74, 6) is -0.00585. The van der Waals surface area contributed by atoms with Crippen LogP contribution in [0.25, 0.3) is 11.0 Å². The van der Waals surface area contributed by atoms with Crippen LogP contribution in [0.1, 0.15) is 28.6 Å². The number of nitrogens with two attached hydrogens (primary N) is 1. The van der Waals surface area contributed by atoms with Crippen molar-refractivity contribution in [2.45, 2.75) is 24.8 Å². The quantitative estimate of drug-likeness (QED) is 0.646. The van der Waals surface area contributed by atoms with Crippen LogP contribution in [-0.4, -0.2) is 9.97 Å². The van der Waals surface area contributed by atoms with Gasteiger partial charge in [-0.25, -0.2) is 4.98 Å². The molecule has 0 bridgehead atoms. The lowest BCUT2D eigenvalue weighted by Crippen LogP contribution is -2.15. The lowest BCUT2D eigenvalue weighted by Gasteiger charge is -2.11. The smallest absolute Gasteiger partial charge is 0.341 e. The van der Waals surface area contributed by atoms with Gasteiger partial charge < -0.3 is 10.7 Å². The van der Waals surface area contributed by atoms with Crippen LogP contribution in [0.15, 0.2) is 42.5 Å². The van der Waals surface area contributed by atoms with Crippen molar-refractivity contribution < 1.29 is 26.3 Å². The highest BCUT2D eigenvalue weighted by Crippen LogP contribution is 2.39. The fourth-order valence-corrected chi connectivity index (χ4v) is 2.66. The highest BCUT2D eigenvalue weighted by atomic mass is 19.4. The van der Waals surface area contributed by atoms with E-state index in [4.69, 9.17) is 5.73 Å². The molecule has 0 aliphatic carbocycles. The zero-order valence-electron chi connectivity index (χ0n) is 13.1. The maximum Gasteiger partial charge on any atom is 0.418 e. The minimum absolute atomic E-state index is 0.00585. The Morgan fingerprint density at radius 3 is 2.19 bits per heavy atom. The van der Waals surface area contributed by atoms with Crippen LogP contribution in [0.3, 0.4) is 0 Å². The first-order valence-electron chi connectivity index (χ1n) is 7.53. The number of aromatic nitrogens is 2. The number of hydrogen-bond acceptors (Lipinski definition) is 2. The summed E-state index contributed by atoms with van der Waals surface area (Å²) in [6.45, 7) is 0. The van der Waals surface area contributed by atoms with Gasteiger partial charge in [-0.1, -0.05) is 30.3 Å². The molecule has 26 heavy (non-hydrogen) atoms.